The molecule has 0 unspecified atom stereocenters. The van der Waals surface area contributed by atoms with Gasteiger partial charge < -0.3 is 29.2 Å². The molecular weight excluding hydrogens is 482 g/mol. The number of carbonyl (C=O) groups is 1. The fourth-order valence-electron chi connectivity index (χ4n) is 3.45. The third-order valence-electron chi connectivity index (χ3n) is 5.17. The molecule has 0 bridgehead atoms. The Morgan fingerprint density at radius 3 is 2.27 bits per heavy atom. The van der Waals surface area contributed by atoms with Gasteiger partial charge in [-0.2, -0.15) is 0 Å². The molecule has 3 aromatic carbocycles. The van der Waals surface area contributed by atoms with Gasteiger partial charge in [-0.15, -0.1) is 0 Å². The molecule has 2 N–H and O–H groups in total. The molecule has 0 aliphatic carbocycles. The smallest absolute Gasteiger partial charge is 0.344 e. The van der Waals surface area contributed by atoms with Gasteiger partial charge in [-0.25, -0.2) is 0 Å². The molecule has 3 rings (SSSR count). The van der Waals surface area contributed by atoms with E-state index in [2.05, 4.69) is 0 Å². The first-order valence-electron chi connectivity index (χ1n) is 10.9. The van der Waals surface area contributed by atoms with E-state index in [1.807, 2.05) is 0 Å². The number of hydrogen-bond donors (Lipinski definition) is 2. The third-order valence-corrected chi connectivity index (χ3v) is 5.17. The highest BCUT2D eigenvalue weighted by molar-refractivity contribution is 6.08. The van der Waals surface area contributed by atoms with E-state index in [0.29, 0.717) is 39.7 Å². The van der Waals surface area contributed by atoms with E-state index < -0.39 is 17.4 Å². The number of phenols is 2. The summed E-state index contributed by atoms with van der Waals surface area (Å²) in [6, 6.07) is 13.7. The fourth-order valence-corrected chi connectivity index (χ4v) is 3.45. The number of ketones is 1. The Bertz CT molecular complexity index is 1340. The minimum absolute atomic E-state index is 0.0735. The Labute approximate surface area is 212 Å². The van der Waals surface area contributed by atoms with E-state index in [-0.39, 0.29) is 17.1 Å². The summed E-state index contributed by atoms with van der Waals surface area (Å²) in [6.07, 6.45) is 4.50. The maximum Gasteiger partial charge on any atom is 0.344 e. The number of nitrogens with zero attached hydrogens (tertiary/aromatic N) is 1. The molecule has 0 heterocycles. The zero-order chi connectivity index (χ0) is 26.9. The van der Waals surface area contributed by atoms with E-state index in [4.69, 9.17) is 18.9 Å². The molecule has 0 spiro atoms. The van der Waals surface area contributed by atoms with Gasteiger partial charge in [0, 0.05) is 0 Å². The number of phenolic OH excluding ortho intramolecular Hbond substituents is 2. The van der Waals surface area contributed by atoms with Crippen LogP contribution in [0.15, 0.2) is 66.7 Å². The normalized spacial score (nSPS) is 11.3. The van der Waals surface area contributed by atoms with Crippen molar-refractivity contribution in [3.8, 4) is 34.5 Å². The molecule has 0 aliphatic rings. The second-order valence-corrected chi connectivity index (χ2v) is 7.59. The van der Waals surface area contributed by atoms with Crippen molar-refractivity contribution in [2.75, 3.05) is 28.1 Å². The highest BCUT2D eigenvalue weighted by Crippen LogP contribution is 2.40. The first-order chi connectivity index (χ1) is 17.7. The van der Waals surface area contributed by atoms with Crippen LogP contribution in [0.5, 0.6) is 34.5 Å². The van der Waals surface area contributed by atoms with Gasteiger partial charge in [0.25, 0.3) is 0 Å². The standard InChI is InChI=1S/C27H25NO9/c1-34-25-13-19(14-26(35-2)27(25)36-3)18(7-9-23(30)22-15-20(29)8-10-24(22)31)11-17-5-4-6-21(12-17)37-16-28(32)33/h4-15,29,31H,16H2,1-3H3/b9-7+,18-11+. The lowest BCUT2D eigenvalue weighted by molar-refractivity contribution is -0.514. The Balaban J connectivity index is 2.11. The van der Waals surface area contributed by atoms with Crippen molar-refractivity contribution in [2.24, 2.45) is 0 Å². The molecule has 10 nitrogen and oxygen atoms in total. The van der Waals surface area contributed by atoms with Crippen LogP contribution in [-0.4, -0.2) is 49.0 Å². The SMILES string of the molecule is COc1cc(C(/C=C/C(=O)c2cc(O)ccc2O)=C/c2cccc(OC[N+](=O)[O-])c2)cc(OC)c1OC. The number of carbonyl (C=O) groups excluding carboxylic acids is 1. The average molecular weight is 507 g/mol. The van der Waals surface area contributed by atoms with Crippen LogP contribution in [0, 0.1) is 10.1 Å². The van der Waals surface area contributed by atoms with Gasteiger partial charge in [0.15, 0.2) is 17.3 Å². The van der Waals surface area contributed by atoms with Crippen LogP contribution in [0.2, 0.25) is 0 Å². The molecule has 0 saturated carbocycles. The Morgan fingerprint density at radius 1 is 0.946 bits per heavy atom. The highest BCUT2D eigenvalue weighted by Gasteiger charge is 2.16. The lowest BCUT2D eigenvalue weighted by Crippen LogP contribution is -2.07. The first-order valence-corrected chi connectivity index (χ1v) is 10.9. The van der Waals surface area contributed by atoms with Crippen molar-refractivity contribution in [1.29, 1.82) is 0 Å². The Morgan fingerprint density at radius 2 is 1.65 bits per heavy atom. The van der Waals surface area contributed by atoms with E-state index in [9.17, 15) is 25.1 Å². The largest absolute Gasteiger partial charge is 0.508 e. The topological polar surface area (TPSA) is 138 Å². The van der Waals surface area contributed by atoms with Crippen LogP contribution < -0.4 is 18.9 Å². The van der Waals surface area contributed by atoms with Crippen LogP contribution in [0.3, 0.4) is 0 Å². The zero-order valence-corrected chi connectivity index (χ0v) is 20.3. The number of benzene rings is 3. The third kappa shape index (κ3) is 6.79. The molecule has 0 aliphatic heterocycles. The van der Waals surface area contributed by atoms with E-state index in [0.717, 1.165) is 0 Å². The average Bonchev–Trinajstić information content (AvgIpc) is 2.90. The molecule has 192 valence electrons. The molecule has 0 radical (unpaired) electrons. The Hall–Kier alpha value is -4.99. The van der Waals surface area contributed by atoms with Crippen LogP contribution >= 0.6 is 0 Å². The summed E-state index contributed by atoms with van der Waals surface area (Å²) in [5.41, 5.74) is 1.67. The van der Waals surface area contributed by atoms with Crippen LogP contribution in [0.25, 0.3) is 11.6 Å². The number of rotatable bonds is 11. The summed E-state index contributed by atoms with van der Waals surface area (Å²) >= 11 is 0. The van der Waals surface area contributed by atoms with Crippen molar-refractivity contribution in [3.63, 3.8) is 0 Å². The number of methoxy groups -OCH3 is 3. The molecule has 0 atom stereocenters. The summed E-state index contributed by atoms with van der Waals surface area (Å²) in [5, 5.41) is 30.4. The molecule has 0 aromatic heterocycles. The summed E-state index contributed by atoms with van der Waals surface area (Å²) < 4.78 is 21.5. The molecule has 10 heteroatoms. The van der Waals surface area contributed by atoms with Gasteiger partial charge >= 0.3 is 6.73 Å². The molecule has 0 saturated heterocycles. The number of allylic oxidation sites excluding steroid dienone is 3. The first kappa shape index (κ1) is 26.6. The monoisotopic (exact) mass is 507 g/mol. The highest BCUT2D eigenvalue weighted by atomic mass is 16.7. The van der Waals surface area contributed by atoms with E-state index >= 15 is 0 Å². The van der Waals surface area contributed by atoms with Gasteiger partial charge in [-0.05, 0) is 71.3 Å². The maximum atomic E-state index is 12.8. The number of ether oxygens (including phenoxy) is 4. The Kier molecular flexibility index (Phi) is 8.71. The lowest BCUT2D eigenvalue weighted by Gasteiger charge is -2.15. The zero-order valence-electron chi connectivity index (χ0n) is 20.3. The summed E-state index contributed by atoms with van der Waals surface area (Å²) in [7, 11) is 4.43. The molecule has 0 fully saturated rings. The quantitative estimate of drug-likeness (QED) is 0.0552. The van der Waals surface area contributed by atoms with Gasteiger partial charge in [0.2, 0.25) is 5.75 Å². The van der Waals surface area contributed by atoms with Crippen molar-refractivity contribution >= 4 is 17.4 Å². The molecule has 0 amide bonds. The molecule has 37 heavy (non-hydrogen) atoms. The van der Waals surface area contributed by atoms with Gasteiger partial charge in [-0.3, -0.25) is 14.9 Å². The van der Waals surface area contributed by atoms with Gasteiger partial charge in [0.05, 0.1) is 31.8 Å². The maximum absolute atomic E-state index is 12.8. The summed E-state index contributed by atoms with van der Waals surface area (Å²) in [5.74, 6) is 0.456. The van der Waals surface area contributed by atoms with Gasteiger partial charge in [-0.1, -0.05) is 18.2 Å². The van der Waals surface area contributed by atoms with Crippen LogP contribution in [0.1, 0.15) is 21.5 Å². The van der Waals surface area contributed by atoms with Crippen molar-refractivity contribution in [1.82, 2.24) is 0 Å². The second-order valence-electron chi connectivity index (χ2n) is 7.59. The van der Waals surface area contributed by atoms with E-state index in [1.54, 1.807) is 42.5 Å². The summed E-state index contributed by atoms with van der Waals surface area (Å²) in [4.78, 5) is 22.9. The lowest BCUT2D eigenvalue weighted by atomic mass is 9.99. The second kappa shape index (κ2) is 12.1. The fraction of sp³-hybridized carbons (Fsp3) is 0.148. The molecular formula is C27H25NO9. The molecule has 3 aromatic rings. The van der Waals surface area contributed by atoms with Crippen molar-refractivity contribution in [3.05, 3.63) is 93.6 Å². The van der Waals surface area contributed by atoms with Crippen LogP contribution in [0.4, 0.5) is 0 Å². The van der Waals surface area contributed by atoms with E-state index in [1.165, 1.54) is 51.7 Å². The van der Waals surface area contributed by atoms with Crippen molar-refractivity contribution in [2.45, 2.75) is 0 Å². The van der Waals surface area contributed by atoms with Crippen LogP contribution in [-0.2, 0) is 0 Å². The van der Waals surface area contributed by atoms with Gasteiger partial charge in [0.1, 0.15) is 17.2 Å². The summed E-state index contributed by atoms with van der Waals surface area (Å²) in [6.45, 7) is -0.686. The number of aromatic hydroxyl groups is 2. The number of nitro groups is 1. The van der Waals surface area contributed by atoms with Crippen molar-refractivity contribution < 1.29 is 38.9 Å². The number of hydrogen-bond acceptors (Lipinski definition) is 9. The minimum atomic E-state index is -0.686. The predicted molar refractivity (Wildman–Crippen MR) is 136 cm³/mol. The predicted octanol–water partition coefficient (Wildman–Crippen LogP) is 4.72. The minimum Gasteiger partial charge on any atom is -0.508 e.